The molecule has 1 N–H and O–H groups in total. The number of hydrogen-bond donors (Lipinski definition) is 1. The van der Waals surface area contributed by atoms with E-state index in [0.29, 0.717) is 12.3 Å². The summed E-state index contributed by atoms with van der Waals surface area (Å²) < 4.78 is 5.57. The molecule has 8 nitrogen and oxygen atoms in total. The molecule has 3 aromatic carbocycles. The topological polar surface area (TPSA) is 108 Å². The first-order valence-electron chi connectivity index (χ1n) is 8.84. The fourth-order valence-electron chi connectivity index (χ4n) is 2.77. The van der Waals surface area contributed by atoms with Crippen molar-refractivity contribution in [2.45, 2.75) is 20.4 Å². The van der Waals surface area contributed by atoms with Gasteiger partial charge in [-0.15, -0.1) is 0 Å². The van der Waals surface area contributed by atoms with Crippen LogP contribution in [0.4, 0.5) is 17.1 Å². The fraction of sp³-hybridized carbons (Fsp3) is 0.143. The van der Waals surface area contributed by atoms with Crippen LogP contribution in [-0.4, -0.2) is 9.85 Å². The van der Waals surface area contributed by atoms with E-state index in [1.165, 1.54) is 17.7 Å². The number of anilines is 1. The molecule has 0 fully saturated rings. The van der Waals surface area contributed by atoms with Crippen molar-refractivity contribution in [2.24, 2.45) is 0 Å². The van der Waals surface area contributed by atoms with Crippen molar-refractivity contribution >= 4 is 17.1 Å². The maximum Gasteiger partial charge on any atom is 0.318 e. The minimum Gasteiger partial charge on any atom is -0.450 e. The number of rotatable bonds is 7. The van der Waals surface area contributed by atoms with Gasteiger partial charge in [0.1, 0.15) is 5.75 Å². The molecule has 0 aliphatic heterocycles. The van der Waals surface area contributed by atoms with Crippen LogP contribution in [0.15, 0.2) is 60.7 Å². The SMILES string of the molecule is Cc1ccc(C)c(NCc2ccc(Oc3ccc([N+](=O)[O-])cc3[N+](=O)[O-])cc2)c1. The van der Waals surface area contributed by atoms with Gasteiger partial charge in [0.15, 0.2) is 0 Å². The Hall–Kier alpha value is -3.94. The summed E-state index contributed by atoms with van der Waals surface area (Å²) in [5, 5.41) is 25.4. The molecule has 8 heteroatoms. The highest BCUT2D eigenvalue weighted by atomic mass is 16.6. The Morgan fingerprint density at radius 3 is 2.28 bits per heavy atom. The Labute approximate surface area is 167 Å². The van der Waals surface area contributed by atoms with Gasteiger partial charge in [0.25, 0.3) is 5.69 Å². The van der Waals surface area contributed by atoms with Crippen LogP contribution in [0.1, 0.15) is 16.7 Å². The maximum absolute atomic E-state index is 11.2. The quantitative estimate of drug-likeness (QED) is 0.418. The smallest absolute Gasteiger partial charge is 0.318 e. The van der Waals surface area contributed by atoms with Crippen molar-refractivity contribution in [1.82, 2.24) is 0 Å². The van der Waals surface area contributed by atoms with E-state index < -0.39 is 15.5 Å². The molecule has 0 atom stereocenters. The van der Waals surface area contributed by atoms with Crippen molar-refractivity contribution < 1.29 is 14.6 Å². The number of nitro benzene ring substituents is 2. The van der Waals surface area contributed by atoms with E-state index in [0.717, 1.165) is 22.9 Å². The highest BCUT2D eigenvalue weighted by Crippen LogP contribution is 2.34. The van der Waals surface area contributed by atoms with Crippen LogP contribution in [0, 0.1) is 34.1 Å². The van der Waals surface area contributed by atoms with Crippen molar-refractivity contribution in [3.05, 3.63) is 97.6 Å². The van der Waals surface area contributed by atoms with E-state index >= 15 is 0 Å². The number of nitrogens with zero attached hydrogens (tertiary/aromatic N) is 2. The van der Waals surface area contributed by atoms with Crippen LogP contribution in [0.25, 0.3) is 0 Å². The van der Waals surface area contributed by atoms with Gasteiger partial charge in [0.2, 0.25) is 5.75 Å². The Balaban J connectivity index is 1.71. The van der Waals surface area contributed by atoms with Crippen LogP contribution in [0.2, 0.25) is 0 Å². The lowest BCUT2D eigenvalue weighted by Crippen LogP contribution is -2.01. The van der Waals surface area contributed by atoms with Crippen LogP contribution in [0.5, 0.6) is 11.5 Å². The van der Waals surface area contributed by atoms with Gasteiger partial charge in [-0.3, -0.25) is 20.2 Å². The molecular weight excluding hydrogens is 374 g/mol. The summed E-state index contributed by atoms with van der Waals surface area (Å²) in [5.74, 6) is 0.347. The van der Waals surface area contributed by atoms with Crippen molar-refractivity contribution in [1.29, 1.82) is 0 Å². The van der Waals surface area contributed by atoms with Gasteiger partial charge >= 0.3 is 5.69 Å². The molecule has 0 heterocycles. The maximum atomic E-state index is 11.2. The molecule has 0 unspecified atom stereocenters. The minimum absolute atomic E-state index is 0.0538. The average Bonchev–Trinajstić information content (AvgIpc) is 2.69. The monoisotopic (exact) mass is 393 g/mol. The third-order valence-corrected chi connectivity index (χ3v) is 4.38. The summed E-state index contributed by atoms with van der Waals surface area (Å²) >= 11 is 0. The van der Waals surface area contributed by atoms with E-state index in [9.17, 15) is 20.2 Å². The number of nitro groups is 2. The Morgan fingerprint density at radius 1 is 0.897 bits per heavy atom. The largest absolute Gasteiger partial charge is 0.450 e. The standard InChI is InChI=1S/C21H19N3O5/c1-14-3-4-15(2)19(11-14)22-13-16-5-8-18(9-6-16)29-21-10-7-17(23(25)26)12-20(21)24(27)28/h3-12,22H,13H2,1-2H3. The van der Waals surface area contributed by atoms with Crippen LogP contribution >= 0.6 is 0 Å². The lowest BCUT2D eigenvalue weighted by molar-refractivity contribution is -0.394. The van der Waals surface area contributed by atoms with Gasteiger partial charge in [-0.25, -0.2) is 0 Å². The van der Waals surface area contributed by atoms with Crippen molar-refractivity contribution in [2.75, 3.05) is 5.32 Å². The third-order valence-electron chi connectivity index (χ3n) is 4.38. The molecule has 0 amide bonds. The molecule has 0 saturated carbocycles. The van der Waals surface area contributed by atoms with Crippen LogP contribution in [-0.2, 0) is 6.54 Å². The summed E-state index contributed by atoms with van der Waals surface area (Å²) in [5.41, 5.74) is 3.58. The average molecular weight is 393 g/mol. The summed E-state index contributed by atoms with van der Waals surface area (Å²) in [6.07, 6.45) is 0. The van der Waals surface area contributed by atoms with E-state index in [2.05, 4.69) is 23.5 Å². The number of hydrogen-bond acceptors (Lipinski definition) is 6. The molecule has 29 heavy (non-hydrogen) atoms. The number of ether oxygens (including phenoxy) is 1. The molecule has 0 radical (unpaired) electrons. The number of aryl methyl sites for hydroxylation is 2. The van der Waals surface area contributed by atoms with Gasteiger partial charge in [0.05, 0.1) is 15.9 Å². The molecule has 0 aromatic heterocycles. The fourth-order valence-corrected chi connectivity index (χ4v) is 2.77. The summed E-state index contributed by atoms with van der Waals surface area (Å²) in [4.78, 5) is 20.6. The second-order valence-electron chi connectivity index (χ2n) is 6.58. The summed E-state index contributed by atoms with van der Waals surface area (Å²) in [7, 11) is 0. The molecule has 0 spiro atoms. The Morgan fingerprint density at radius 2 is 1.62 bits per heavy atom. The number of non-ortho nitro benzene ring substituents is 1. The van der Waals surface area contributed by atoms with Crippen LogP contribution < -0.4 is 10.1 Å². The zero-order valence-corrected chi connectivity index (χ0v) is 15.9. The Bertz CT molecular complexity index is 1060. The van der Waals surface area contributed by atoms with Gasteiger partial charge in [-0.1, -0.05) is 24.3 Å². The normalized spacial score (nSPS) is 10.4. The lowest BCUT2D eigenvalue weighted by atomic mass is 10.1. The highest BCUT2D eigenvalue weighted by molar-refractivity contribution is 5.55. The van der Waals surface area contributed by atoms with Crippen molar-refractivity contribution in [3.63, 3.8) is 0 Å². The summed E-state index contributed by atoms with van der Waals surface area (Å²) in [6.45, 7) is 4.69. The third kappa shape index (κ3) is 4.86. The van der Waals surface area contributed by atoms with E-state index in [-0.39, 0.29) is 11.4 Å². The zero-order valence-electron chi connectivity index (χ0n) is 15.9. The number of nitrogens with one attached hydrogen (secondary N) is 1. The molecule has 0 aliphatic carbocycles. The predicted molar refractivity (Wildman–Crippen MR) is 110 cm³/mol. The van der Waals surface area contributed by atoms with E-state index in [1.54, 1.807) is 12.1 Å². The molecular formula is C21H19N3O5. The van der Waals surface area contributed by atoms with Crippen LogP contribution in [0.3, 0.4) is 0 Å². The first-order chi connectivity index (χ1) is 13.8. The molecule has 0 saturated heterocycles. The minimum atomic E-state index is -0.704. The van der Waals surface area contributed by atoms with Gasteiger partial charge in [-0.05, 0) is 54.8 Å². The first-order valence-corrected chi connectivity index (χ1v) is 8.84. The first kappa shape index (κ1) is 19.8. The van der Waals surface area contributed by atoms with E-state index in [4.69, 9.17) is 4.74 Å². The second kappa shape index (κ2) is 8.39. The predicted octanol–water partition coefficient (Wildman–Crippen LogP) is 5.52. The molecule has 3 aromatic rings. The molecule has 148 valence electrons. The lowest BCUT2D eigenvalue weighted by Gasteiger charge is -2.11. The van der Waals surface area contributed by atoms with Crippen molar-refractivity contribution in [3.8, 4) is 11.5 Å². The summed E-state index contributed by atoms with van der Waals surface area (Å²) in [6, 6.07) is 16.6. The van der Waals surface area contributed by atoms with E-state index in [1.807, 2.05) is 26.0 Å². The second-order valence-corrected chi connectivity index (χ2v) is 6.58. The zero-order chi connectivity index (χ0) is 21.0. The molecule has 0 bridgehead atoms. The molecule has 0 aliphatic rings. The Kier molecular flexibility index (Phi) is 5.73. The molecule has 3 rings (SSSR count). The van der Waals surface area contributed by atoms with Gasteiger partial charge < -0.3 is 10.1 Å². The van der Waals surface area contributed by atoms with Gasteiger partial charge in [-0.2, -0.15) is 0 Å². The van der Waals surface area contributed by atoms with Gasteiger partial charge in [0, 0.05) is 18.3 Å². The highest BCUT2D eigenvalue weighted by Gasteiger charge is 2.21. The number of benzene rings is 3.